The molecule has 3 heterocycles. The highest BCUT2D eigenvalue weighted by atomic mass is 35.5. The number of aromatic nitrogens is 3. The topological polar surface area (TPSA) is 93.8 Å². The molecule has 0 radical (unpaired) electrons. The molecule has 0 aliphatic heterocycles. The van der Waals surface area contributed by atoms with Gasteiger partial charge in [0, 0.05) is 43.1 Å². The lowest BCUT2D eigenvalue weighted by Crippen LogP contribution is -2.10. The summed E-state index contributed by atoms with van der Waals surface area (Å²) >= 11 is 6.11. The molecule has 1 aromatic carbocycles. The number of rotatable bonds is 7. The van der Waals surface area contributed by atoms with Gasteiger partial charge in [-0.1, -0.05) is 35.9 Å². The first kappa shape index (κ1) is 19.8. The number of hydrogen-bond acceptors (Lipinski definition) is 6. The van der Waals surface area contributed by atoms with E-state index in [-0.39, 0.29) is 5.78 Å². The zero-order chi connectivity index (χ0) is 20.9. The van der Waals surface area contributed by atoms with E-state index in [1.54, 1.807) is 24.7 Å². The van der Waals surface area contributed by atoms with Gasteiger partial charge in [-0.2, -0.15) is 0 Å². The summed E-state index contributed by atoms with van der Waals surface area (Å²) in [6.45, 7) is 0.517. The molecule has 0 unspecified atom stereocenters. The summed E-state index contributed by atoms with van der Waals surface area (Å²) in [7, 11) is 0. The Kier molecular flexibility index (Phi) is 5.86. The smallest absolute Gasteiger partial charge is 0.166 e. The summed E-state index contributed by atoms with van der Waals surface area (Å²) in [4.78, 5) is 25.5. The Balaban J connectivity index is 1.48. The first-order valence-electron chi connectivity index (χ1n) is 9.55. The number of hydrogen-bond donors (Lipinski definition) is 2. The molecule has 0 amide bonds. The van der Waals surface area contributed by atoms with Crippen LogP contribution in [0.25, 0.3) is 10.8 Å². The van der Waals surface area contributed by atoms with E-state index in [4.69, 9.17) is 17.3 Å². The van der Waals surface area contributed by atoms with Crippen molar-refractivity contribution in [2.45, 2.75) is 19.4 Å². The maximum absolute atomic E-state index is 12.9. The summed E-state index contributed by atoms with van der Waals surface area (Å²) in [6, 6.07) is 13.4. The van der Waals surface area contributed by atoms with Gasteiger partial charge in [0.1, 0.15) is 11.6 Å². The van der Waals surface area contributed by atoms with E-state index in [1.165, 1.54) is 6.20 Å². The standard InChI is InChI=1S/C23H20ClN5O/c24-18-11-20(23(29-14-18)28-13-16-2-1-8-26-12-16)21(30)6-4-15-3-5-19-17(10-15)7-9-27-22(19)25/h1-3,5,7-12,14H,4,6,13H2,(H2,25,27)(H,28,29). The van der Waals surface area contributed by atoms with Crippen molar-refractivity contribution in [2.24, 2.45) is 0 Å². The maximum atomic E-state index is 12.9. The number of ketones is 1. The number of nitrogens with two attached hydrogens (primary N) is 1. The molecule has 0 aliphatic carbocycles. The van der Waals surface area contributed by atoms with Gasteiger partial charge in [0.2, 0.25) is 0 Å². The second kappa shape index (κ2) is 8.88. The lowest BCUT2D eigenvalue weighted by atomic mass is 10.0. The number of fused-ring (bicyclic) bond motifs is 1. The van der Waals surface area contributed by atoms with Crippen molar-refractivity contribution in [3.63, 3.8) is 0 Å². The molecule has 3 N–H and O–H groups in total. The zero-order valence-corrected chi connectivity index (χ0v) is 16.9. The van der Waals surface area contributed by atoms with E-state index in [0.717, 1.165) is 21.9 Å². The quantitative estimate of drug-likeness (QED) is 0.424. The summed E-state index contributed by atoms with van der Waals surface area (Å²) in [5.74, 6) is 1.00. The fourth-order valence-corrected chi connectivity index (χ4v) is 3.44. The lowest BCUT2D eigenvalue weighted by Gasteiger charge is -2.11. The van der Waals surface area contributed by atoms with Gasteiger partial charge in [-0.15, -0.1) is 0 Å². The van der Waals surface area contributed by atoms with Crippen LogP contribution in [0.2, 0.25) is 5.02 Å². The van der Waals surface area contributed by atoms with Crippen LogP contribution >= 0.6 is 11.6 Å². The molecule has 6 nitrogen and oxygen atoms in total. The van der Waals surface area contributed by atoms with E-state index in [0.29, 0.717) is 41.6 Å². The van der Waals surface area contributed by atoms with Gasteiger partial charge in [0.05, 0.1) is 10.6 Å². The molecule has 0 fully saturated rings. The molecule has 0 atom stereocenters. The molecule has 0 aliphatic rings. The van der Waals surface area contributed by atoms with Gasteiger partial charge in [0.15, 0.2) is 5.78 Å². The minimum absolute atomic E-state index is 0.0203. The molecular formula is C23H20ClN5O. The maximum Gasteiger partial charge on any atom is 0.166 e. The molecule has 7 heteroatoms. The second-order valence-corrected chi connectivity index (χ2v) is 7.38. The number of halogens is 1. The molecule has 150 valence electrons. The minimum atomic E-state index is -0.0203. The molecule has 3 aromatic heterocycles. The van der Waals surface area contributed by atoms with Crippen LogP contribution in [0.4, 0.5) is 11.6 Å². The van der Waals surface area contributed by atoms with Crippen LogP contribution in [0.1, 0.15) is 27.9 Å². The van der Waals surface area contributed by atoms with Crippen LogP contribution in [-0.2, 0) is 13.0 Å². The molecule has 0 saturated heterocycles. The summed E-state index contributed by atoms with van der Waals surface area (Å²) in [6.07, 6.45) is 7.65. The first-order chi connectivity index (χ1) is 14.6. The van der Waals surface area contributed by atoms with E-state index in [9.17, 15) is 4.79 Å². The number of benzene rings is 1. The van der Waals surface area contributed by atoms with E-state index < -0.39 is 0 Å². The van der Waals surface area contributed by atoms with Gasteiger partial charge < -0.3 is 11.1 Å². The Morgan fingerprint density at radius 1 is 1.03 bits per heavy atom. The summed E-state index contributed by atoms with van der Waals surface area (Å²) in [5, 5.41) is 5.56. The fraction of sp³-hybridized carbons (Fsp3) is 0.130. The predicted octanol–water partition coefficient (Wildman–Crippen LogP) is 4.69. The van der Waals surface area contributed by atoms with Crippen LogP contribution in [0, 0.1) is 0 Å². The highest BCUT2D eigenvalue weighted by Gasteiger charge is 2.14. The molecule has 4 aromatic rings. The zero-order valence-electron chi connectivity index (χ0n) is 16.2. The van der Waals surface area contributed by atoms with Crippen LogP contribution in [-0.4, -0.2) is 20.7 Å². The van der Waals surface area contributed by atoms with Crippen LogP contribution in [0.15, 0.2) is 67.3 Å². The molecule has 30 heavy (non-hydrogen) atoms. The third-order valence-corrected chi connectivity index (χ3v) is 5.04. The van der Waals surface area contributed by atoms with Crippen LogP contribution in [0.5, 0.6) is 0 Å². The average molecular weight is 418 g/mol. The number of pyridine rings is 3. The summed E-state index contributed by atoms with van der Waals surface area (Å²) in [5.41, 5.74) is 8.45. The van der Waals surface area contributed by atoms with E-state index in [1.807, 2.05) is 36.4 Å². The summed E-state index contributed by atoms with van der Waals surface area (Å²) < 4.78 is 0. The molecule has 0 spiro atoms. The van der Waals surface area contributed by atoms with Crippen molar-refractivity contribution >= 4 is 39.8 Å². The van der Waals surface area contributed by atoms with Crippen molar-refractivity contribution < 1.29 is 4.79 Å². The number of nitrogens with zero attached hydrogens (tertiary/aromatic N) is 3. The van der Waals surface area contributed by atoms with Crippen molar-refractivity contribution in [1.29, 1.82) is 0 Å². The van der Waals surface area contributed by atoms with Crippen molar-refractivity contribution in [3.8, 4) is 0 Å². The Morgan fingerprint density at radius 2 is 1.93 bits per heavy atom. The third kappa shape index (κ3) is 4.55. The van der Waals surface area contributed by atoms with Gasteiger partial charge in [-0.3, -0.25) is 9.78 Å². The molecule has 4 rings (SSSR count). The predicted molar refractivity (Wildman–Crippen MR) is 120 cm³/mol. The van der Waals surface area contributed by atoms with Crippen LogP contribution in [0.3, 0.4) is 0 Å². The Hall–Kier alpha value is -3.51. The number of nitrogens with one attached hydrogen (secondary N) is 1. The van der Waals surface area contributed by atoms with Crippen molar-refractivity contribution in [3.05, 3.63) is 89.0 Å². The van der Waals surface area contributed by atoms with E-state index in [2.05, 4.69) is 20.3 Å². The normalized spacial score (nSPS) is 10.8. The lowest BCUT2D eigenvalue weighted by molar-refractivity contribution is 0.0983. The molecular weight excluding hydrogens is 398 g/mol. The first-order valence-corrected chi connectivity index (χ1v) is 9.92. The highest BCUT2D eigenvalue weighted by molar-refractivity contribution is 6.31. The largest absolute Gasteiger partial charge is 0.383 e. The van der Waals surface area contributed by atoms with Gasteiger partial charge in [-0.05, 0) is 41.1 Å². The number of nitrogen functional groups attached to an aromatic ring is 1. The van der Waals surface area contributed by atoms with Crippen molar-refractivity contribution in [1.82, 2.24) is 15.0 Å². The van der Waals surface area contributed by atoms with E-state index >= 15 is 0 Å². The average Bonchev–Trinajstić information content (AvgIpc) is 2.77. The number of aryl methyl sites for hydroxylation is 1. The molecule has 0 bridgehead atoms. The third-order valence-electron chi connectivity index (χ3n) is 4.84. The molecule has 0 saturated carbocycles. The van der Waals surface area contributed by atoms with Crippen molar-refractivity contribution in [2.75, 3.05) is 11.1 Å². The SMILES string of the molecule is Nc1nccc2cc(CCC(=O)c3cc(Cl)cnc3NCc3cccnc3)ccc12. The fourth-order valence-electron chi connectivity index (χ4n) is 3.28. The number of carbonyl (C=O) groups excluding carboxylic acids is 1. The monoisotopic (exact) mass is 417 g/mol. The van der Waals surface area contributed by atoms with Gasteiger partial charge >= 0.3 is 0 Å². The Labute approximate surface area is 179 Å². The Bertz CT molecular complexity index is 1200. The van der Waals surface area contributed by atoms with Gasteiger partial charge in [-0.25, -0.2) is 9.97 Å². The van der Waals surface area contributed by atoms with Crippen LogP contribution < -0.4 is 11.1 Å². The minimum Gasteiger partial charge on any atom is -0.383 e. The number of carbonyl (C=O) groups is 1. The second-order valence-electron chi connectivity index (χ2n) is 6.94. The Morgan fingerprint density at radius 3 is 2.77 bits per heavy atom. The number of Topliss-reactive ketones (excluding diaryl/α,β-unsaturated/α-hetero) is 1. The highest BCUT2D eigenvalue weighted by Crippen LogP contribution is 2.23. The van der Waals surface area contributed by atoms with Gasteiger partial charge in [0.25, 0.3) is 0 Å². The number of anilines is 2.